The molecule has 0 saturated heterocycles. The second-order valence-corrected chi connectivity index (χ2v) is 6.02. The van der Waals surface area contributed by atoms with Crippen molar-refractivity contribution in [1.82, 2.24) is 0 Å². The molecule has 1 aromatic carbocycles. The van der Waals surface area contributed by atoms with Crippen LogP contribution in [0.5, 0.6) is 0 Å². The molecule has 1 aromatic rings. The van der Waals surface area contributed by atoms with Crippen molar-refractivity contribution in [2.45, 2.75) is 17.9 Å². The minimum Gasteiger partial charge on any atom is -0.291 e. The van der Waals surface area contributed by atoms with Crippen molar-refractivity contribution < 1.29 is 17.4 Å². The Labute approximate surface area is 105 Å². The van der Waals surface area contributed by atoms with Crippen molar-refractivity contribution in [2.75, 3.05) is 12.5 Å². The Morgan fingerprint density at radius 1 is 1.29 bits per heavy atom. The van der Waals surface area contributed by atoms with E-state index in [2.05, 4.69) is 4.18 Å². The first-order chi connectivity index (χ1) is 7.83. The van der Waals surface area contributed by atoms with Crippen LogP contribution in [-0.2, 0) is 14.3 Å². The van der Waals surface area contributed by atoms with Gasteiger partial charge in [0.15, 0.2) is 5.78 Å². The fraction of sp³-hybridized carbons (Fsp3) is 0.364. The summed E-state index contributed by atoms with van der Waals surface area (Å²) in [6, 6.07) is 6.95. The maximum atomic E-state index is 11.8. The predicted molar refractivity (Wildman–Crippen MR) is 67.9 cm³/mol. The van der Waals surface area contributed by atoms with Crippen molar-refractivity contribution in [2.24, 2.45) is 0 Å². The molecular weight excluding hydrogens is 260 g/mol. The van der Waals surface area contributed by atoms with Gasteiger partial charge in [-0.3, -0.25) is 8.98 Å². The number of ketones is 1. The van der Waals surface area contributed by atoms with Crippen molar-refractivity contribution in [3.05, 3.63) is 29.8 Å². The van der Waals surface area contributed by atoms with Gasteiger partial charge in [0, 0.05) is 10.5 Å². The molecule has 0 bridgehead atoms. The van der Waals surface area contributed by atoms with Gasteiger partial charge in [0.1, 0.15) is 6.10 Å². The first-order valence-electron chi connectivity index (χ1n) is 4.90. The molecular formula is C11H14O4S2. The largest absolute Gasteiger partial charge is 0.291 e. The molecule has 4 nitrogen and oxygen atoms in total. The van der Waals surface area contributed by atoms with E-state index in [-0.39, 0.29) is 5.78 Å². The smallest absolute Gasteiger partial charge is 0.265 e. The maximum absolute atomic E-state index is 11.8. The lowest BCUT2D eigenvalue weighted by atomic mass is 10.1. The number of thioether (sulfide) groups is 1. The van der Waals surface area contributed by atoms with Crippen LogP contribution < -0.4 is 0 Å². The van der Waals surface area contributed by atoms with Crippen LogP contribution in [0.25, 0.3) is 0 Å². The highest BCUT2D eigenvalue weighted by atomic mass is 32.2. The van der Waals surface area contributed by atoms with E-state index in [1.165, 1.54) is 6.92 Å². The van der Waals surface area contributed by atoms with Crippen LogP contribution in [-0.4, -0.2) is 32.8 Å². The molecule has 0 aliphatic heterocycles. The molecule has 0 spiro atoms. The number of hydrogen-bond acceptors (Lipinski definition) is 5. The Kier molecular flexibility index (Phi) is 4.73. The normalized spacial score (nSPS) is 13.4. The second kappa shape index (κ2) is 5.66. The lowest BCUT2D eigenvalue weighted by Crippen LogP contribution is -2.23. The van der Waals surface area contributed by atoms with E-state index in [0.29, 0.717) is 5.56 Å². The van der Waals surface area contributed by atoms with Crippen LogP contribution in [0.1, 0.15) is 17.3 Å². The third kappa shape index (κ3) is 4.49. The Bertz CT molecular complexity index is 491. The van der Waals surface area contributed by atoms with Gasteiger partial charge < -0.3 is 0 Å². The van der Waals surface area contributed by atoms with Crippen LogP contribution in [0.4, 0.5) is 0 Å². The van der Waals surface area contributed by atoms with Crippen molar-refractivity contribution in [1.29, 1.82) is 0 Å². The van der Waals surface area contributed by atoms with Gasteiger partial charge in [-0.1, -0.05) is 12.1 Å². The summed E-state index contributed by atoms with van der Waals surface area (Å²) in [5.41, 5.74) is 0.443. The van der Waals surface area contributed by atoms with E-state index in [1.54, 1.807) is 23.9 Å². The maximum Gasteiger partial charge on any atom is 0.265 e. The zero-order valence-electron chi connectivity index (χ0n) is 9.84. The van der Waals surface area contributed by atoms with Crippen LogP contribution in [0, 0.1) is 0 Å². The monoisotopic (exact) mass is 274 g/mol. The summed E-state index contributed by atoms with van der Waals surface area (Å²) < 4.78 is 26.4. The lowest BCUT2D eigenvalue weighted by molar-refractivity contribution is 0.0827. The Morgan fingerprint density at radius 2 is 1.82 bits per heavy atom. The highest BCUT2D eigenvalue weighted by Crippen LogP contribution is 2.16. The van der Waals surface area contributed by atoms with E-state index in [0.717, 1.165) is 11.2 Å². The number of carbonyl (C=O) groups is 1. The molecule has 1 atom stereocenters. The minimum atomic E-state index is -3.61. The molecule has 0 aromatic heterocycles. The van der Waals surface area contributed by atoms with Gasteiger partial charge in [0.05, 0.1) is 6.26 Å². The van der Waals surface area contributed by atoms with Crippen molar-refractivity contribution in [3.8, 4) is 0 Å². The molecule has 0 aliphatic carbocycles. The number of carbonyl (C=O) groups excluding carboxylic acids is 1. The summed E-state index contributed by atoms with van der Waals surface area (Å²) in [5.74, 6) is -0.344. The second-order valence-electron chi connectivity index (χ2n) is 3.54. The molecule has 1 unspecified atom stereocenters. The van der Waals surface area contributed by atoms with Crippen LogP contribution in [0.15, 0.2) is 29.2 Å². The van der Waals surface area contributed by atoms with Gasteiger partial charge in [0.2, 0.25) is 0 Å². The highest BCUT2D eigenvalue weighted by Gasteiger charge is 2.19. The summed E-state index contributed by atoms with van der Waals surface area (Å²) in [5, 5.41) is 0. The molecule has 0 radical (unpaired) electrons. The highest BCUT2D eigenvalue weighted by molar-refractivity contribution is 7.98. The summed E-state index contributed by atoms with van der Waals surface area (Å²) in [6.45, 7) is 1.42. The van der Waals surface area contributed by atoms with Gasteiger partial charge in [0.25, 0.3) is 10.1 Å². The molecule has 1 rings (SSSR count). The molecule has 0 amide bonds. The van der Waals surface area contributed by atoms with Gasteiger partial charge in [-0.2, -0.15) is 8.42 Å². The van der Waals surface area contributed by atoms with E-state index in [9.17, 15) is 13.2 Å². The fourth-order valence-corrected chi connectivity index (χ4v) is 2.32. The van der Waals surface area contributed by atoms with Crippen LogP contribution >= 0.6 is 11.8 Å². The van der Waals surface area contributed by atoms with Crippen LogP contribution in [0.3, 0.4) is 0 Å². The molecule has 0 N–H and O–H groups in total. The van der Waals surface area contributed by atoms with Gasteiger partial charge >= 0.3 is 0 Å². The molecule has 6 heteroatoms. The third-order valence-electron chi connectivity index (χ3n) is 2.06. The van der Waals surface area contributed by atoms with Gasteiger partial charge in [-0.05, 0) is 25.3 Å². The van der Waals surface area contributed by atoms with Gasteiger partial charge in [-0.25, -0.2) is 0 Å². The number of Topliss-reactive ketones (excluding diaryl/α,β-unsaturated/α-hetero) is 1. The standard InChI is InChI=1S/C11H14O4S2/c1-8(15-17(3,13)14)11(12)9-4-6-10(16-2)7-5-9/h4-8H,1-3H3. The summed E-state index contributed by atoms with van der Waals surface area (Å²) in [4.78, 5) is 12.9. The Hall–Kier alpha value is -0.850. The average Bonchev–Trinajstić information content (AvgIpc) is 2.26. The summed E-state index contributed by atoms with van der Waals surface area (Å²) in [7, 11) is -3.61. The molecule has 0 fully saturated rings. The number of hydrogen-bond donors (Lipinski definition) is 0. The SMILES string of the molecule is CSc1ccc(C(=O)C(C)OS(C)(=O)=O)cc1. The molecule has 17 heavy (non-hydrogen) atoms. The lowest BCUT2D eigenvalue weighted by Gasteiger charge is -2.10. The Morgan fingerprint density at radius 3 is 2.24 bits per heavy atom. The summed E-state index contributed by atoms with van der Waals surface area (Å²) >= 11 is 1.57. The zero-order valence-corrected chi connectivity index (χ0v) is 11.5. The van der Waals surface area contributed by atoms with Gasteiger partial charge in [-0.15, -0.1) is 11.8 Å². The number of benzene rings is 1. The van der Waals surface area contributed by atoms with Crippen molar-refractivity contribution in [3.63, 3.8) is 0 Å². The molecule has 0 saturated carbocycles. The van der Waals surface area contributed by atoms with Crippen LogP contribution in [0.2, 0.25) is 0 Å². The van der Waals surface area contributed by atoms with E-state index >= 15 is 0 Å². The van der Waals surface area contributed by atoms with Crippen molar-refractivity contribution >= 4 is 27.7 Å². The first kappa shape index (κ1) is 14.2. The molecule has 94 valence electrons. The van der Waals surface area contributed by atoms with E-state index in [1.807, 2.05) is 18.4 Å². The van der Waals surface area contributed by atoms with E-state index in [4.69, 9.17) is 0 Å². The topological polar surface area (TPSA) is 60.4 Å². The summed E-state index contributed by atoms with van der Waals surface area (Å²) in [6.07, 6.45) is 1.87. The fourth-order valence-electron chi connectivity index (χ4n) is 1.30. The Balaban J connectivity index is 2.81. The minimum absolute atomic E-state index is 0.344. The van der Waals surface area contributed by atoms with E-state index < -0.39 is 16.2 Å². The predicted octanol–water partition coefficient (Wildman–Crippen LogP) is 1.96. The zero-order chi connectivity index (χ0) is 13.1. The number of rotatable bonds is 5. The third-order valence-corrected chi connectivity index (χ3v) is 3.44. The molecule has 0 heterocycles. The quantitative estimate of drug-likeness (QED) is 0.466. The first-order valence-corrected chi connectivity index (χ1v) is 7.94. The molecule has 0 aliphatic rings. The average molecular weight is 274 g/mol.